The number of carbonyl (C=O) groups is 3. The molecule has 156 valence electrons. The third-order valence-corrected chi connectivity index (χ3v) is 5.69. The molecule has 29 heavy (non-hydrogen) atoms. The van der Waals surface area contributed by atoms with Gasteiger partial charge in [-0.1, -0.05) is 0 Å². The molecule has 8 nitrogen and oxygen atoms in total. The largest absolute Gasteiger partial charge is 0.493 e. The molecule has 0 saturated carbocycles. The van der Waals surface area contributed by atoms with Gasteiger partial charge in [0.15, 0.2) is 11.5 Å². The van der Waals surface area contributed by atoms with E-state index in [-0.39, 0.29) is 23.5 Å². The molecule has 0 aliphatic carbocycles. The van der Waals surface area contributed by atoms with E-state index in [1.165, 1.54) is 7.11 Å². The maximum absolute atomic E-state index is 12.7. The molecule has 1 N–H and O–H groups in total. The lowest BCUT2D eigenvalue weighted by molar-refractivity contribution is -0.129. The molecule has 0 radical (unpaired) electrons. The Morgan fingerprint density at radius 1 is 1.31 bits per heavy atom. The lowest BCUT2D eigenvalue weighted by atomic mass is 10.1. The molecule has 3 rings (SSSR count). The van der Waals surface area contributed by atoms with Crippen molar-refractivity contribution in [3.63, 3.8) is 0 Å². The summed E-state index contributed by atoms with van der Waals surface area (Å²) in [5.74, 6) is 0.239. The van der Waals surface area contributed by atoms with Crippen molar-refractivity contribution in [3.8, 4) is 11.5 Å². The van der Waals surface area contributed by atoms with Crippen molar-refractivity contribution in [2.75, 3.05) is 33.9 Å². The van der Waals surface area contributed by atoms with Crippen molar-refractivity contribution in [2.45, 2.75) is 25.9 Å². The Morgan fingerprint density at radius 3 is 2.69 bits per heavy atom. The third-order valence-electron chi connectivity index (χ3n) is 4.79. The Hall–Kier alpha value is -2.52. The molecule has 0 bridgehead atoms. The van der Waals surface area contributed by atoms with Gasteiger partial charge in [-0.05, 0) is 60.9 Å². The van der Waals surface area contributed by atoms with Crippen LogP contribution in [-0.4, -0.2) is 62.0 Å². The standard InChI is InChI=1S/C20H24N2O6S/c1-12-7-15(26-2)16(27-3)8-13(12)9-17-19(24)22(20(25)29-17)11-18(23)21-10-14-5-4-6-28-14/h7-9,14H,4-6,10-11H2,1-3H3,(H,21,23)/b17-9-/t14-/m1/s1. The highest BCUT2D eigenvalue weighted by atomic mass is 32.2. The Bertz CT molecular complexity index is 848. The number of thioether (sulfide) groups is 1. The summed E-state index contributed by atoms with van der Waals surface area (Å²) in [6.45, 7) is 2.65. The van der Waals surface area contributed by atoms with E-state index in [0.717, 1.165) is 40.6 Å². The number of imide groups is 1. The summed E-state index contributed by atoms with van der Waals surface area (Å²) < 4.78 is 16.0. The van der Waals surface area contributed by atoms with E-state index >= 15 is 0 Å². The van der Waals surface area contributed by atoms with Crippen molar-refractivity contribution < 1.29 is 28.6 Å². The first-order valence-corrected chi connectivity index (χ1v) is 10.1. The van der Waals surface area contributed by atoms with Gasteiger partial charge in [-0.3, -0.25) is 19.3 Å². The molecule has 1 atom stereocenters. The average molecular weight is 420 g/mol. The predicted molar refractivity (Wildman–Crippen MR) is 109 cm³/mol. The topological polar surface area (TPSA) is 94.2 Å². The van der Waals surface area contributed by atoms with Gasteiger partial charge in [0, 0.05) is 13.2 Å². The SMILES string of the molecule is COc1cc(C)c(/C=C2\SC(=O)N(CC(=O)NC[C@H]3CCCO3)C2=O)cc1OC. The summed E-state index contributed by atoms with van der Waals surface area (Å²) in [6.07, 6.45) is 3.51. The molecule has 3 amide bonds. The van der Waals surface area contributed by atoms with E-state index in [4.69, 9.17) is 14.2 Å². The minimum absolute atomic E-state index is 0.00166. The van der Waals surface area contributed by atoms with E-state index in [1.54, 1.807) is 25.3 Å². The predicted octanol–water partition coefficient (Wildman–Crippen LogP) is 2.34. The van der Waals surface area contributed by atoms with Crippen LogP contribution in [0.4, 0.5) is 4.79 Å². The van der Waals surface area contributed by atoms with Crippen LogP contribution in [0, 0.1) is 6.92 Å². The van der Waals surface area contributed by atoms with Crippen LogP contribution in [0.3, 0.4) is 0 Å². The molecule has 2 heterocycles. The number of hydrogen-bond donors (Lipinski definition) is 1. The Kier molecular flexibility index (Phi) is 6.81. The first kappa shape index (κ1) is 21.2. The number of carbonyl (C=O) groups excluding carboxylic acids is 3. The Morgan fingerprint density at radius 2 is 2.03 bits per heavy atom. The van der Waals surface area contributed by atoms with Gasteiger partial charge in [0.05, 0.1) is 25.2 Å². The monoisotopic (exact) mass is 420 g/mol. The molecule has 0 unspecified atom stereocenters. The smallest absolute Gasteiger partial charge is 0.294 e. The zero-order valence-corrected chi connectivity index (χ0v) is 17.5. The number of ether oxygens (including phenoxy) is 3. The summed E-state index contributed by atoms with van der Waals surface area (Å²) in [5, 5.41) is 2.26. The zero-order chi connectivity index (χ0) is 21.0. The molecule has 2 aliphatic heterocycles. The van der Waals surface area contributed by atoms with Gasteiger partial charge < -0.3 is 19.5 Å². The number of amides is 3. The maximum Gasteiger partial charge on any atom is 0.294 e. The molecule has 2 aliphatic rings. The van der Waals surface area contributed by atoms with Gasteiger partial charge in [0.2, 0.25) is 5.91 Å². The van der Waals surface area contributed by atoms with Crippen molar-refractivity contribution >= 4 is 34.9 Å². The van der Waals surface area contributed by atoms with Crippen LogP contribution in [-0.2, 0) is 14.3 Å². The van der Waals surface area contributed by atoms with Gasteiger partial charge in [0.25, 0.3) is 11.1 Å². The lowest BCUT2D eigenvalue weighted by Crippen LogP contribution is -2.41. The number of nitrogens with one attached hydrogen (secondary N) is 1. The number of methoxy groups -OCH3 is 2. The molecule has 0 aromatic heterocycles. The molecule has 2 saturated heterocycles. The van der Waals surface area contributed by atoms with Crippen LogP contribution in [0.15, 0.2) is 17.0 Å². The van der Waals surface area contributed by atoms with Gasteiger partial charge >= 0.3 is 0 Å². The quantitative estimate of drug-likeness (QED) is 0.677. The molecule has 1 aromatic rings. The molecule has 0 spiro atoms. The van der Waals surface area contributed by atoms with E-state index in [0.29, 0.717) is 24.7 Å². The Balaban J connectivity index is 1.69. The van der Waals surface area contributed by atoms with Crippen LogP contribution in [0.1, 0.15) is 24.0 Å². The van der Waals surface area contributed by atoms with Crippen LogP contribution in [0.25, 0.3) is 6.08 Å². The molecular weight excluding hydrogens is 396 g/mol. The lowest BCUT2D eigenvalue weighted by Gasteiger charge is -2.14. The minimum Gasteiger partial charge on any atom is -0.493 e. The highest BCUT2D eigenvalue weighted by molar-refractivity contribution is 8.18. The first-order valence-electron chi connectivity index (χ1n) is 9.29. The fourth-order valence-electron chi connectivity index (χ4n) is 3.16. The van der Waals surface area contributed by atoms with Crippen LogP contribution in [0.2, 0.25) is 0 Å². The van der Waals surface area contributed by atoms with Gasteiger partial charge in [-0.15, -0.1) is 0 Å². The van der Waals surface area contributed by atoms with E-state index < -0.39 is 11.1 Å². The minimum atomic E-state index is -0.485. The van der Waals surface area contributed by atoms with Gasteiger partial charge in [-0.2, -0.15) is 0 Å². The van der Waals surface area contributed by atoms with Gasteiger partial charge in [-0.25, -0.2) is 0 Å². The number of hydrogen-bond acceptors (Lipinski definition) is 7. The average Bonchev–Trinajstić information content (AvgIpc) is 3.31. The maximum atomic E-state index is 12.7. The normalized spacial score (nSPS) is 20.4. The Labute approximate surface area is 173 Å². The highest BCUT2D eigenvalue weighted by Crippen LogP contribution is 2.35. The second-order valence-electron chi connectivity index (χ2n) is 6.77. The molecule has 1 aromatic carbocycles. The summed E-state index contributed by atoms with van der Waals surface area (Å²) in [5.41, 5.74) is 1.60. The summed E-state index contributed by atoms with van der Waals surface area (Å²) in [7, 11) is 3.08. The number of rotatable bonds is 7. The molecule has 9 heteroatoms. The first-order chi connectivity index (χ1) is 13.9. The van der Waals surface area contributed by atoms with E-state index in [2.05, 4.69) is 5.32 Å². The molecule has 2 fully saturated rings. The van der Waals surface area contributed by atoms with Crippen LogP contribution in [0.5, 0.6) is 11.5 Å². The second-order valence-corrected chi connectivity index (χ2v) is 7.76. The number of nitrogens with zero attached hydrogens (tertiary/aromatic N) is 1. The van der Waals surface area contributed by atoms with Crippen molar-refractivity contribution in [2.24, 2.45) is 0 Å². The van der Waals surface area contributed by atoms with Crippen molar-refractivity contribution in [1.82, 2.24) is 10.2 Å². The van der Waals surface area contributed by atoms with Gasteiger partial charge in [0.1, 0.15) is 6.54 Å². The summed E-state index contributed by atoms with van der Waals surface area (Å²) in [6, 6.07) is 3.55. The molecular formula is C20H24N2O6S. The fourth-order valence-corrected chi connectivity index (χ4v) is 3.99. The van der Waals surface area contributed by atoms with Crippen LogP contribution >= 0.6 is 11.8 Å². The van der Waals surface area contributed by atoms with Crippen molar-refractivity contribution in [3.05, 3.63) is 28.2 Å². The third kappa shape index (κ3) is 4.91. The zero-order valence-electron chi connectivity index (χ0n) is 16.6. The van der Waals surface area contributed by atoms with Crippen molar-refractivity contribution in [1.29, 1.82) is 0 Å². The number of aryl methyl sites for hydroxylation is 1. The van der Waals surface area contributed by atoms with E-state index in [9.17, 15) is 14.4 Å². The van der Waals surface area contributed by atoms with E-state index in [1.807, 2.05) is 6.92 Å². The summed E-state index contributed by atoms with van der Waals surface area (Å²) >= 11 is 0.816. The fraction of sp³-hybridized carbons (Fsp3) is 0.450. The van der Waals surface area contributed by atoms with Crippen LogP contribution < -0.4 is 14.8 Å². The summed E-state index contributed by atoms with van der Waals surface area (Å²) in [4.78, 5) is 38.3. The number of benzene rings is 1. The second kappa shape index (κ2) is 9.32. The highest BCUT2D eigenvalue weighted by Gasteiger charge is 2.36.